The average Bonchev–Trinajstić information content (AvgIpc) is 2.81. The van der Waals surface area contributed by atoms with E-state index in [0.717, 1.165) is 12.5 Å². The Kier molecular flexibility index (Phi) is 4.05. The Balaban J connectivity index is 2.38. The Bertz CT molecular complexity index is 549. The molecule has 0 radical (unpaired) electrons. The number of sulfonamides is 1. The molecular weight excluding hydrogens is 325 g/mol. The molecule has 1 aliphatic heterocycles. The number of benzene rings is 1. The van der Waals surface area contributed by atoms with Crippen molar-refractivity contribution in [2.75, 3.05) is 13.2 Å². The Hall–Kier alpha value is -0.500. The van der Waals surface area contributed by atoms with Crippen LogP contribution in [0.3, 0.4) is 0 Å². The van der Waals surface area contributed by atoms with Gasteiger partial charge in [-0.2, -0.15) is 4.31 Å². The van der Waals surface area contributed by atoms with Crippen LogP contribution >= 0.6 is 15.9 Å². The third kappa shape index (κ3) is 2.45. The van der Waals surface area contributed by atoms with Crippen molar-refractivity contribution in [1.82, 2.24) is 4.31 Å². The molecule has 0 amide bonds. The minimum absolute atomic E-state index is 0.0381. The Morgan fingerprint density at radius 2 is 2.22 bits per heavy atom. The van der Waals surface area contributed by atoms with Crippen molar-refractivity contribution in [3.63, 3.8) is 0 Å². The fourth-order valence-corrected chi connectivity index (χ4v) is 4.32. The maximum atomic E-state index is 13.1. The molecule has 1 unspecified atom stereocenters. The smallest absolute Gasteiger partial charge is 0.243 e. The van der Waals surface area contributed by atoms with E-state index in [2.05, 4.69) is 15.9 Å². The summed E-state index contributed by atoms with van der Waals surface area (Å²) < 4.78 is 39.2. The van der Waals surface area contributed by atoms with Gasteiger partial charge in [0, 0.05) is 12.6 Å². The summed E-state index contributed by atoms with van der Waals surface area (Å²) in [6.07, 6.45) is 1.38. The molecule has 0 aliphatic carbocycles. The average molecular weight is 338 g/mol. The summed E-state index contributed by atoms with van der Waals surface area (Å²) >= 11 is 2.97. The molecule has 0 saturated carbocycles. The van der Waals surface area contributed by atoms with Gasteiger partial charge in [0.1, 0.15) is 5.82 Å². The summed E-state index contributed by atoms with van der Waals surface area (Å²) in [6.45, 7) is 0.199. The van der Waals surface area contributed by atoms with Gasteiger partial charge < -0.3 is 5.11 Å². The van der Waals surface area contributed by atoms with Gasteiger partial charge in [-0.05, 0) is 47.0 Å². The van der Waals surface area contributed by atoms with E-state index in [1.807, 2.05) is 0 Å². The number of hydrogen-bond acceptors (Lipinski definition) is 3. The molecule has 1 N–H and O–H groups in total. The second-order valence-corrected chi connectivity index (χ2v) is 6.92. The minimum Gasteiger partial charge on any atom is -0.395 e. The highest BCUT2D eigenvalue weighted by molar-refractivity contribution is 9.10. The van der Waals surface area contributed by atoms with Gasteiger partial charge in [0.2, 0.25) is 10.0 Å². The zero-order valence-electron chi connectivity index (χ0n) is 9.51. The quantitative estimate of drug-likeness (QED) is 0.913. The van der Waals surface area contributed by atoms with Gasteiger partial charge >= 0.3 is 0 Å². The van der Waals surface area contributed by atoms with Crippen LogP contribution in [0.15, 0.2) is 27.6 Å². The Morgan fingerprint density at radius 1 is 1.50 bits per heavy atom. The van der Waals surface area contributed by atoms with E-state index >= 15 is 0 Å². The van der Waals surface area contributed by atoms with E-state index in [0.29, 0.717) is 13.0 Å². The molecule has 1 saturated heterocycles. The third-order valence-corrected chi connectivity index (χ3v) is 5.59. The van der Waals surface area contributed by atoms with Crippen LogP contribution in [-0.4, -0.2) is 37.0 Å². The number of halogens is 2. The molecule has 1 aromatic carbocycles. The molecule has 18 heavy (non-hydrogen) atoms. The molecule has 1 aliphatic rings. The number of aliphatic hydroxyl groups excluding tert-OH is 1. The van der Waals surface area contributed by atoms with Crippen molar-refractivity contribution in [2.45, 2.75) is 23.8 Å². The SMILES string of the molecule is O=S(=O)(c1ccc(F)c(Br)c1)N1CCCC1CO. The standard InChI is InChI=1S/C11H13BrFNO3S/c12-10-6-9(3-4-11(10)13)18(16,17)14-5-1-2-8(14)7-15/h3-4,6,8,15H,1-2,5,7H2. The number of nitrogens with zero attached hydrogens (tertiary/aromatic N) is 1. The molecule has 4 nitrogen and oxygen atoms in total. The van der Waals surface area contributed by atoms with Crippen molar-refractivity contribution in [3.05, 3.63) is 28.5 Å². The van der Waals surface area contributed by atoms with E-state index in [1.54, 1.807) is 0 Å². The van der Waals surface area contributed by atoms with Crippen LogP contribution in [0.25, 0.3) is 0 Å². The lowest BCUT2D eigenvalue weighted by Crippen LogP contribution is -2.37. The number of hydrogen-bond donors (Lipinski definition) is 1. The molecule has 1 fully saturated rings. The lowest BCUT2D eigenvalue weighted by molar-refractivity contribution is 0.213. The summed E-state index contributed by atoms with van der Waals surface area (Å²) in [5.41, 5.74) is 0. The Labute approximate surface area is 114 Å². The van der Waals surface area contributed by atoms with Gasteiger partial charge in [-0.15, -0.1) is 0 Å². The lowest BCUT2D eigenvalue weighted by atomic mass is 10.2. The van der Waals surface area contributed by atoms with Crippen molar-refractivity contribution in [1.29, 1.82) is 0 Å². The second-order valence-electron chi connectivity index (χ2n) is 4.17. The molecule has 0 aromatic heterocycles. The minimum atomic E-state index is -3.66. The van der Waals surface area contributed by atoms with Crippen LogP contribution in [0.2, 0.25) is 0 Å². The zero-order chi connectivity index (χ0) is 13.3. The fourth-order valence-electron chi connectivity index (χ4n) is 2.08. The third-order valence-electron chi connectivity index (χ3n) is 3.03. The molecule has 100 valence electrons. The van der Waals surface area contributed by atoms with E-state index < -0.39 is 15.8 Å². The maximum Gasteiger partial charge on any atom is 0.243 e. The van der Waals surface area contributed by atoms with Gasteiger partial charge in [-0.1, -0.05) is 0 Å². The summed E-state index contributed by atoms with van der Waals surface area (Å²) in [4.78, 5) is 0.0381. The number of aliphatic hydroxyl groups is 1. The highest BCUT2D eigenvalue weighted by Gasteiger charge is 2.34. The first-order chi connectivity index (χ1) is 8.46. The first-order valence-electron chi connectivity index (χ1n) is 5.54. The molecule has 0 spiro atoms. The van der Waals surface area contributed by atoms with Crippen molar-refractivity contribution >= 4 is 26.0 Å². The van der Waals surface area contributed by atoms with Crippen molar-refractivity contribution in [2.24, 2.45) is 0 Å². The molecule has 1 atom stereocenters. The van der Waals surface area contributed by atoms with Gasteiger partial charge in [0.05, 0.1) is 16.0 Å². The first kappa shape index (κ1) is 13.9. The Morgan fingerprint density at radius 3 is 2.83 bits per heavy atom. The molecule has 1 aromatic rings. The maximum absolute atomic E-state index is 13.1. The number of rotatable bonds is 3. The summed E-state index contributed by atoms with van der Waals surface area (Å²) in [7, 11) is -3.66. The van der Waals surface area contributed by atoms with Crippen LogP contribution in [0, 0.1) is 5.82 Å². The summed E-state index contributed by atoms with van der Waals surface area (Å²) in [6, 6.07) is 3.22. The van der Waals surface area contributed by atoms with Crippen LogP contribution in [-0.2, 0) is 10.0 Å². The first-order valence-corrected chi connectivity index (χ1v) is 7.78. The van der Waals surface area contributed by atoms with Gasteiger partial charge in [0.25, 0.3) is 0 Å². The molecule has 7 heteroatoms. The molecule has 2 rings (SSSR count). The zero-order valence-corrected chi connectivity index (χ0v) is 11.9. The van der Waals surface area contributed by atoms with E-state index in [9.17, 15) is 17.9 Å². The van der Waals surface area contributed by atoms with Crippen LogP contribution < -0.4 is 0 Å². The van der Waals surface area contributed by atoms with Gasteiger partial charge in [-0.25, -0.2) is 12.8 Å². The highest BCUT2D eigenvalue weighted by Crippen LogP contribution is 2.28. The normalized spacial score (nSPS) is 21.4. The second kappa shape index (κ2) is 5.24. The van der Waals surface area contributed by atoms with Gasteiger partial charge in [0.15, 0.2) is 0 Å². The molecule has 1 heterocycles. The topological polar surface area (TPSA) is 57.6 Å². The van der Waals surface area contributed by atoms with Crippen LogP contribution in [0.1, 0.15) is 12.8 Å². The van der Waals surface area contributed by atoms with Crippen molar-refractivity contribution in [3.8, 4) is 0 Å². The predicted octanol–water partition coefficient (Wildman–Crippen LogP) is 1.73. The van der Waals surface area contributed by atoms with Crippen LogP contribution in [0.5, 0.6) is 0 Å². The van der Waals surface area contributed by atoms with Crippen LogP contribution in [0.4, 0.5) is 4.39 Å². The van der Waals surface area contributed by atoms with E-state index in [1.165, 1.54) is 16.4 Å². The largest absolute Gasteiger partial charge is 0.395 e. The fraction of sp³-hybridized carbons (Fsp3) is 0.455. The summed E-state index contributed by atoms with van der Waals surface area (Å²) in [5, 5.41) is 9.17. The predicted molar refractivity (Wildman–Crippen MR) is 68.1 cm³/mol. The lowest BCUT2D eigenvalue weighted by Gasteiger charge is -2.22. The van der Waals surface area contributed by atoms with Crippen molar-refractivity contribution < 1.29 is 17.9 Å². The monoisotopic (exact) mass is 337 g/mol. The van der Waals surface area contributed by atoms with E-state index in [4.69, 9.17) is 0 Å². The summed E-state index contributed by atoms with van der Waals surface area (Å²) in [5.74, 6) is -0.505. The molecular formula is C11H13BrFNO3S. The van der Waals surface area contributed by atoms with Gasteiger partial charge in [-0.3, -0.25) is 0 Å². The highest BCUT2D eigenvalue weighted by atomic mass is 79.9. The molecule has 0 bridgehead atoms. The van der Waals surface area contributed by atoms with E-state index in [-0.39, 0.29) is 22.0 Å².